The van der Waals surface area contributed by atoms with Crippen LogP contribution in [0.3, 0.4) is 0 Å². The zero-order chi connectivity index (χ0) is 23.3. The summed E-state index contributed by atoms with van der Waals surface area (Å²) in [6, 6.07) is 13.5. The van der Waals surface area contributed by atoms with Gasteiger partial charge in [0.05, 0.1) is 4.92 Å². The topological polar surface area (TPSA) is 82.9 Å². The van der Waals surface area contributed by atoms with E-state index in [0.29, 0.717) is 0 Å². The minimum absolute atomic E-state index is 0.0121. The summed E-state index contributed by atoms with van der Waals surface area (Å²) in [6.07, 6.45) is 7.89. The van der Waals surface area contributed by atoms with Gasteiger partial charge in [-0.1, -0.05) is 40.2 Å². The molecule has 4 rings (SSSR count). The van der Waals surface area contributed by atoms with Crippen LogP contribution < -0.4 is 20.3 Å². The van der Waals surface area contributed by atoms with Crippen molar-refractivity contribution in [3.8, 4) is 5.75 Å². The summed E-state index contributed by atoms with van der Waals surface area (Å²) >= 11 is 3.45. The Labute approximate surface area is 202 Å². The van der Waals surface area contributed by atoms with E-state index in [9.17, 15) is 10.1 Å². The third-order valence-electron chi connectivity index (χ3n) is 5.82. The average molecular weight is 514 g/mol. The number of nitrogens with one attached hydrogen (secondary N) is 2. The molecule has 2 N–H and O–H groups in total. The van der Waals surface area contributed by atoms with Gasteiger partial charge in [0.25, 0.3) is 0 Å². The van der Waals surface area contributed by atoms with Crippen LogP contribution in [0.15, 0.2) is 65.4 Å². The van der Waals surface area contributed by atoms with Crippen molar-refractivity contribution in [2.45, 2.75) is 12.6 Å². The van der Waals surface area contributed by atoms with E-state index in [1.807, 2.05) is 25.1 Å². The minimum Gasteiger partial charge on any atom is -0.482 e. The number of hydrogen-bond acceptors (Lipinski definition) is 7. The minimum atomic E-state index is -0.478. The molecular weight excluding hydrogens is 486 g/mol. The van der Waals surface area contributed by atoms with E-state index in [1.54, 1.807) is 24.5 Å². The van der Waals surface area contributed by atoms with Crippen LogP contribution in [0.25, 0.3) is 6.08 Å². The highest BCUT2D eigenvalue weighted by Crippen LogP contribution is 2.32. The van der Waals surface area contributed by atoms with Gasteiger partial charge in [0.2, 0.25) is 0 Å². The first-order chi connectivity index (χ1) is 15.9. The molecule has 0 bridgehead atoms. The van der Waals surface area contributed by atoms with Crippen LogP contribution in [0, 0.1) is 10.1 Å². The molecule has 0 atom stereocenters. The number of nitro groups is 1. The van der Waals surface area contributed by atoms with E-state index in [4.69, 9.17) is 4.74 Å². The van der Waals surface area contributed by atoms with Crippen molar-refractivity contribution in [3.63, 3.8) is 0 Å². The van der Waals surface area contributed by atoms with E-state index in [2.05, 4.69) is 60.6 Å². The zero-order valence-corrected chi connectivity index (χ0v) is 20.1. The lowest BCUT2D eigenvalue weighted by atomic mass is 10.2. The Balaban J connectivity index is 1.32. The van der Waals surface area contributed by atoms with Crippen molar-refractivity contribution < 1.29 is 9.66 Å². The molecule has 0 radical (unpaired) electrons. The lowest BCUT2D eigenvalue weighted by Crippen LogP contribution is -2.50. The van der Waals surface area contributed by atoms with Gasteiger partial charge in [-0.15, -0.1) is 0 Å². The van der Waals surface area contributed by atoms with E-state index >= 15 is 0 Å². The normalized spacial score (nSPS) is 17.7. The second kappa shape index (κ2) is 10.3. The average Bonchev–Trinajstić information content (AvgIpc) is 3.26. The summed E-state index contributed by atoms with van der Waals surface area (Å²) in [7, 11) is 0. The van der Waals surface area contributed by atoms with E-state index in [1.165, 1.54) is 5.56 Å². The van der Waals surface area contributed by atoms with Gasteiger partial charge in [-0.2, -0.15) is 0 Å². The number of ether oxygens (including phenoxy) is 1. The molecule has 0 unspecified atom stereocenters. The predicted molar refractivity (Wildman–Crippen MR) is 134 cm³/mol. The Bertz CT molecular complexity index is 1020. The molecular formula is C24H28BrN5O3. The lowest BCUT2D eigenvalue weighted by Gasteiger charge is -2.35. The largest absolute Gasteiger partial charge is 0.482 e. The molecule has 0 saturated carbocycles. The molecule has 2 heterocycles. The van der Waals surface area contributed by atoms with Gasteiger partial charge in [0.15, 0.2) is 5.75 Å². The molecule has 0 spiro atoms. The van der Waals surface area contributed by atoms with Crippen LogP contribution in [0.5, 0.6) is 5.75 Å². The van der Waals surface area contributed by atoms with Crippen molar-refractivity contribution >= 4 is 33.4 Å². The van der Waals surface area contributed by atoms with Crippen LogP contribution >= 0.6 is 15.9 Å². The molecule has 2 aromatic carbocycles. The fraction of sp³-hybridized carbons (Fsp3) is 0.333. The van der Waals surface area contributed by atoms with Crippen molar-refractivity contribution in [1.29, 1.82) is 0 Å². The summed E-state index contributed by atoms with van der Waals surface area (Å²) in [5.41, 5.74) is 1.54. The summed E-state index contributed by atoms with van der Waals surface area (Å²) < 4.78 is 6.86. The Morgan fingerprint density at radius 3 is 2.48 bits per heavy atom. The second-order valence-electron chi connectivity index (χ2n) is 8.39. The third-order valence-corrected chi connectivity index (χ3v) is 6.35. The van der Waals surface area contributed by atoms with E-state index < -0.39 is 5.66 Å². The van der Waals surface area contributed by atoms with E-state index in [0.717, 1.165) is 42.9 Å². The number of piperazine rings is 1. The number of nitro benzene ring substituents is 1. The van der Waals surface area contributed by atoms with Crippen LogP contribution in [0.4, 0.5) is 11.4 Å². The second-order valence-corrected chi connectivity index (χ2v) is 9.31. The maximum Gasteiger partial charge on any atom is 0.312 e. The van der Waals surface area contributed by atoms with Gasteiger partial charge in [-0.25, -0.2) is 0 Å². The molecule has 33 heavy (non-hydrogen) atoms. The number of rotatable bonds is 8. The Kier molecular flexibility index (Phi) is 7.20. The Morgan fingerprint density at radius 1 is 1.12 bits per heavy atom. The summed E-state index contributed by atoms with van der Waals surface area (Å²) in [4.78, 5) is 15.9. The van der Waals surface area contributed by atoms with Crippen LogP contribution in [0.1, 0.15) is 12.5 Å². The molecule has 0 amide bonds. The molecule has 174 valence electrons. The first-order valence-corrected chi connectivity index (χ1v) is 11.7. The quantitative estimate of drug-likeness (QED) is 0.408. The number of anilines is 1. The SMILES string of the molecule is CC1(COc2ccc(N3CCN(CC=Cc4ccc(Br)cc4)CC3)cc2[N+](=O)[O-])NC=CN1. The van der Waals surface area contributed by atoms with Crippen molar-refractivity contribution in [1.82, 2.24) is 15.5 Å². The molecule has 0 aromatic heterocycles. The first kappa shape index (κ1) is 23.1. The van der Waals surface area contributed by atoms with Gasteiger partial charge >= 0.3 is 5.69 Å². The number of benzene rings is 2. The molecule has 9 heteroatoms. The fourth-order valence-corrected chi connectivity index (χ4v) is 4.13. The van der Waals surface area contributed by atoms with Crippen LogP contribution in [-0.2, 0) is 0 Å². The van der Waals surface area contributed by atoms with Gasteiger partial charge in [0.1, 0.15) is 12.3 Å². The van der Waals surface area contributed by atoms with Gasteiger partial charge in [-0.3, -0.25) is 15.0 Å². The molecule has 2 aliphatic heterocycles. The molecule has 8 nitrogen and oxygen atoms in total. The van der Waals surface area contributed by atoms with Crippen LogP contribution in [-0.4, -0.2) is 54.8 Å². The number of halogens is 1. The molecule has 2 aromatic rings. The maximum atomic E-state index is 11.7. The maximum absolute atomic E-state index is 11.7. The summed E-state index contributed by atoms with van der Waals surface area (Å²) in [6.45, 7) is 6.51. The molecule has 1 fully saturated rings. The van der Waals surface area contributed by atoms with Crippen molar-refractivity contribution in [3.05, 3.63) is 81.1 Å². The number of hydrogen-bond donors (Lipinski definition) is 2. The highest BCUT2D eigenvalue weighted by molar-refractivity contribution is 9.10. The van der Waals surface area contributed by atoms with Crippen molar-refractivity contribution in [2.75, 3.05) is 44.2 Å². The highest BCUT2D eigenvalue weighted by atomic mass is 79.9. The predicted octanol–water partition coefficient (Wildman–Crippen LogP) is 3.95. The molecule has 0 aliphatic carbocycles. The zero-order valence-electron chi connectivity index (χ0n) is 18.5. The van der Waals surface area contributed by atoms with Crippen molar-refractivity contribution in [2.24, 2.45) is 0 Å². The standard InChI is InChI=1S/C24H28BrN5O3/c1-24(26-10-11-27-24)18-33-23-9-8-21(17-22(23)30(31)32)29-15-13-28(14-16-29)12-2-3-19-4-6-20(25)7-5-19/h2-11,17,26-27H,12-16,18H2,1H3. The fourth-order valence-electron chi connectivity index (χ4n) is 3.87. The first-order valence-electron chi connectivity index (χ1n) is 10.9. The number of nitrogens with zero attached hydrogens (tertiary/aromatic N) is 3. The Morgan fingerprint density at radius 2 is 1.82 bits per heavy atom. The highest BCUT2D eigenvalue weighted by Gasteiger charge is 2.27. The third kappa shape index (κ3) is 6.06. The van der Waals surface area contributed by atoms with Gasteiger partial charge in [0, 0.05) is 61.4 Å². The van der Waals surface area contributed by atoms with Gasteiger partial charge < -0.3 is 20.3 Å². The van der Waals surface area contributed by atoms with Gasteiger partial charge in [-0.05, 0) is 36.8 Å². The lowest BCUT2D eigenvalue weighted by molar-refractivity contribution is -0.385. The molecule has 1 saturated heterocycles. The summed E-state index contributed by atoms with van der Waals surface area (Å²) in [5.74, 6) is 0.275. The Hall–Kier alpha value is -3.04. The molecule has 2 aliphatic rings. The summed E-state index contributed by atoms with van der Waals surface area (Å²) in [5, 5.41) is 18.0. The monoisotopic (exact) mass is 513 g/mol. The van der Waals surface area contributed by atoms with E-state index in [-0.39, 0.29) is 23.0 Å². The van der Waals surface area contributed by atoms with Crippen LogP contribution in [0.2, 0.25) is 0 Å². The smallest absolute Gasteiger partial charge is 0.312 e.